The summed E-state index contributed by atoms with van der Waals surface area (Å²) in [6, 6.07) is 5.76. The van der Waals surface area contributed by atoms with Gasteiger partial charge in [-0.25, -0.2) is 9.59 Å². The lowest BCUT2D eigenvalue weighted by molar-refractivity contribution is 0.0434. The van der Waals surface area contributed by atoms with E-state index in [1.54, 1.807) is 11.9 Å². The van der Waals surface area contributed by atoms with Crippen molar-refractivity contribution in [3.63, 3.8) is 0 Å². The minimum Gasteiger partial charge on any atom is -0.453 e. The molecule has 0 radical (unpaired) electrons. The molecule has 2 rings (SSSR count). The third-order valence-corrected chi connectivity index (χ3v) is 6.55. The highest BCUT2D eigenvalue weighted by Crippen LogP contribution is 2.27. The lowest BCUT2D eigenvalue weighted by Gasteiger charge is -2.28. The molecular weight excluding hydrogens is 472 g/mol. The number of likely N-dealkylation sites (N-methyl/N-ethyl adjacent to an activating group) is 1. The fourth-order valence-corrected chi connectivity index (χ4v) is 4.35. The Balaban J connectivity index is 1.87. The molecule has 1 heterocycles. The summed E-state index contributed by atoms with van der Waals surface area (Å²) in [6.45, 7) is 5.32. The first-order valence-corrected chi connectivity index (χ1v) is 12.6. The average Bonchev–Trinajstić information content (AvgIpc) is 2.87. The Labute approximate surface area is 214 Å². The molecule has 3 amide bonds. The van der Waals surface area contributed by atoms with E-state index in [4.69, 9.17) is 21.1 Å². The first-order valence-electron chi connectivity index (χ1n) is 12.3. The molecule has 1 unspecified atom stereocenters. The zero-order chi connectivity index (χ0) is 25.6. The third-order valence-electron chi connectivity index (χ3n) is 6.32. The number of alkyl carbamates (subject to hydrolysis) is 1. The van der Waals surface area contributed by atoms with Crippen molar-refractivity contribution in [2.45, 2.75) is 44.8 Å². The normalized spacial score (nSPS) is 17.3. The Morgan fingerprint density at radius 2 is 2.11 bits per heavy atom. The van der Waals surface area contributed by atoms with E-state index in [-0.39, 0.29) is 18.2 Å². The van der Waals surface area contributed by atoms with Gasteiger partial charge in [0, 0.05) is 51.0 Å². The number of halogens is 1. The van der Waals surface area contributed by atoms with E-state index < -0.39 is 6.09 Å². The predicted octanol–water partition coefficient (Wildman–Crippen LogP) is 3.50. The van der Waals surface area contributed by atoms with Crippen molar-refractivity contribution >= 4 is 23.7 Å². The number of benzene rings is 1. The molecule has 1 aromatic rings. The van der Waals surface area contributed by atoms with Crippen LogP contribution in [0.25, 0.3) is 0 Å². The smallest absolute Gasteiger partial charge is 0.406 e. The number of carbonyl (C=O) groups excluding carboxylic acids is 2. The average molecular weight is 513 g/mol. The largest absolute Gasteiger partial charge is 0.453 e. The van der Waals surface area contributed by atoms with Gasteiger partial charge in [0.1, 0.15) is 0 Å². The number of nitrogens with one attached hydrogen (secondary N) is 3. The van der Waals surface area contributed by atoms with Crippen LogP contribution in [-0.2, 0) is 14.2 Å². The summed E-state index contributed by atoms with van der Waals surface area (Å²) in [6.07, 6.45) is 3.05. The zero-order valence-electron chi connectivity index (χ0n) is 21.4. The number of hydrogen-bond donors (Lipinski definition) is 3. The van der Waals surface area contributed by atoms with Crippen molar-refractivity contribution in [1.82, 2.24) is 20.9 Å². The van der Waals surface area contributed by atoms with Crippen molar-refractivity contribution in [3.05, 3.63) is 34.3 Å². The van der Waals surface area contributed by atoms with E-state index in [1.165, 1.54) is 13.5 Å². The van der Waals surface area contributed by atoms with Crippen molar-refractivity contribution in [2.24, 2.45) is 5.92 Å². The van der Waals surface area contributed by atoms with Gasteiger partial charge in [-0.2, -0.15) is 0 Å². The Kier molecular flexibility index (Phi) is 13.2. The van der Waals surface area contributed by atoms with Gasteiger partial charge in [-0.1, -0.05) is 17.7 Å². The summed E-state index contributed by atoms with van der Waals surface area (Å²) in [5, 5.41) is 9.58. The number of aryl methyl sites for hydroxylation is 1. The zero-order valence-corrected chi connectivity index (χ0v) is 22.2. The van der Waals surface area contributed by atoms with E-state index >= 15 is 0 Å². The van der Waals surface area contributed by atoms with Gasteiger partial charge in [-0.3, -0.25) is 0 Å². The number of ether oxygens (including phenoxy) is 3. The molecular formula is C25H41ClN4O5. The fourth-order valence-electron chi connectivity index (χ4n) is 4.17. The van der Waals surface area contributed by atoms with Gasteiger partial charge < -0.3 is 35.1 Å². The molecule has 1 aromatic carbocycles. The lowest BCUT2D eigenvalue weighted by atomic mass is 9.94. The molecule has 198 valence electrons. The van der Waals surface area contributed by atoms with Gasteiger partial charge in [0.15, 0.2) is 0 Å². The van der Waals surface area contributed by atoms with Crippen molar-refractivity contribution in [3.8, 4) is 0 Å². The van der Waals surface area contributed by atoms with Crippen LogP contribution in [0.15, 0.2) is 18.2 Å². The minimum atomic E-state index is -0.503. The second-order valence-electron chi connectivity index (χ2n) is 8.98. The van der Waals surface area contributed by atoms with Crippen LogP contribution in [0.4, 0.5) is 9.59 Å². The highest BCUT2D eigenvalue weighted by Gasteiger charge is 2.21. The number of rotatable bonds is 13. The molecule has 1 aliphatic heterocycles. The summed E-state index contributed by atoms with van der Waals surface area (Å²) in [5.41, 5.74) is 2.02. The summed E-state index contributed by atoms with van der Waals surface area (Å²) >= 11 is 6.23. The van der Waals surface area contributed by atoms with Gasteiger partial charge in [0.25, 0.3) is 0 Å². The molecule has 0 spiro atoms. The van der Waals surface area contributed by atoms with Gasteiger partial charge in [0.2, 0.25) is 0 Å². The van der Waals surface area contributed by atoms with Gasteiger partial charge in [-0.05, 0) is 68.8 Å². The van der Waals surface area contributed by atoms with Crippen molar-refractivity contribution in [1.29, 1.82) is 0 Å². The van der Waals surface area contributed by atoms with Gasteiger partial charge in [-0.15, -0.1) is 0 Å². The number of urea groups is 1. The third kappa shape index (κ3) is 10.6. The highest BCUT2D eigenvalue weighted by molar-refractivity contribution is 6.30. The fraction of sp³-hybridized carbons (Fsp3) is 0.680. The van der Waals surface area contributed by atoms with E-state index in [9.17, 15) is 9.59 Å². The molecule has 10 heteroatoms. The van der Waals surface area contributed by atoms with E-state index in [0.29, 0.717) is 43.6 Å². The number of hydrogen-bond acceptors (Lipinski definition) is 6. The maximum absolute atomic E-state index is 12.7. The van der Waals surface area contributed by atoms with Crippen LogP contribution in [0.2, 0.25) is 5.02 Å². The van der Waals surface area contributed by atoms with E-state index in [2.05, 4.69) is 20.7 Å². The second kappa shape index (κ2) is 15.8. The maximum atomic E-state index is 12.7. The van der Waals surface area contributed by atoms with Crippen LogP contribution in [-0.4, -0.2) is 83.7 Å². The predicted molar refractivity (Wildman–Crippen MR) is 137 cm³/mol. The van der Waals surface area contributed by atoms with Crippen LogP contribution >= 0.6 is 11.6 Å². The molecule has 0 bridgehead atoms. The number of nitrogens with zero attached hydrogens (tertiary/aromatic N) is 1. The molecule has 35 heavy (non-hydrogen) atoms. The summed E-state index contributed by atoms with van der Waals surface area (Å²) in [4.78, 5) is 25.7. The Bertz CT molecular complexity index is 791. The number of carbonyl (C=O) groups is 2. The topological polar surface area (TPSA) is 101 Å². The lowest BCUT2D eigenvalue weighted by Crippen LogP contribution is -2.45. The highest BCUT2D eigenvalue weighted by atomic mass is 35.5. The first-order chi connectivity index (χ1) is 16.8. The summed E-state index contributed by atoms with van der Waals surface area (Å²) in [7, 11) is 5.02. The van der Waals surface area contributed by atoms with Crippen LogP contribution < -0.4 is 16.0 Å². The van der Waals surface area contributed by atoms with Crippen molar-refractivity contribution < 1.29 is 23.8 Å². The molecule has 0 saturated carbocycles. The second-order valence-corrected chi connectivity index (χ2v) is 9.42. The molecule has 1 fully saturated rings. The SMILES string of the molecule is CN[C@H](CNC(=O)N(C)CCC(OCCNC(=O)OC)c1cc(Cl)ccc1C)C[C@H]1CCCOC1. The molecule has 0 aliphatic carbocycles. The monoisotopic (exact) mass is 512 g/mol. The maximum Gasteiger partial charge on any atom is 0.406 e. The van der Waals surface area contributed by atoms with Crippen LogP contribution in [0, 0.1) is 12.8 Å². The molecule has 0 aromatic heterocycles. The van der Waals surface area contributed by atoms with Gasteiger partial charge >= 0.3 is 12.1 Å². The van der Waals surface area contributed by atoms with Crippen molar-refractivity contribution in [2.75, 3.05) is 60.7 Å². The molecule has 3 N–H and O–H groups in total. The standard InChI is InChI=1S/C25H41ClN4O5/c1-18-7-8-20(26)15-22(18)23(35-13-10-28-25(32)33-4)9-11-30(3)24(31)29-16-21(27-2)14-19-6-5-12-34-17-19/h7-8,15,19,21,23,27H,5-6,9-14,16-17H2,1-4H3,(H,28,32)(H,29,31)/t19-,21+,23?/m1/s1. The number of methoxy groups -OCH3 is 1. The molecule has 3 atom stereocenters. The molecule has 9 nitrogen and oxygen atoms in total. The quantitative estimate of drug-likeness (QED) is 0.350. The van der Waals surface area contributed by atoms with Crippen LogP contribution in [0.5, 0.6) is 0 Å². The first kappa shape index (κ1) is 29.2. The van der Waals surface area contributed by atoms with Crippen LogP contribution in [0.3, 0.4) is 0 Å². The summed E-state index contributed by atoms with van der Waals surface area (Å²) in [5.74, 6) is 0.531. The van der Waals surface area contributed by atoms with E-state index in [0.717, 1.165) is 37.2 Å². The minimum absolute atomic E-state index is 0.126. The Hall–Kier alpha value is -2.07. The summed E-state index contributed by atoms with van der Waals surface area (Å²) < 4.78 is 16.2. The van der Waals surface area contributed by atoms with Gasteiger partial charge in [0.05, 0.1) is 19.8 Å². The molecule has 1 saturated heterocycles. The Morgan fingerprint density at radius 1 is 1.31 bits per heavy atom. The van der Waals surface area contributed by atoms with Crippen LogP contribution in [0.1, 0.15) is 42.9 Å². The number of amides is 3. The van der Waals surface area contributed by atoms with E-state index in [1.807, 2.05) is 32.2 Å². The molecule has 1 aliphatic rings. The Morgan fingerprint density at radius 3 is 2.80 bits per heavy atom.